The number of rotatable bonds is 4. The number of benzene rings is 1. The number of amides is 1. The molecule has 0 saturated heterocycles. The Morgan fingerprint density at radius 1 is 1.53 bits per heavy atom. The van der Waals surface area contributed by atoms with E-state index < -0.39 is 0 Å². The fourth-order valence-electron chi connectivity index (χ4n) is 1.36. The molecular weight excluding hydrogens is 212 g/mol. The van der Waals surface area contributed by atoms with Crippen molar-refractivity contribution in [3.05, 3.63) is 34.9 Å². The molecule has 0 radical (unpaired) electrons. The van der Waals surface area contributed by atoms with Crippen molar-refractivity contribution < 1.29 is 4.79 Å². The van der Waals surface area contributed by atoms with Gasteiger partial charge in [0.2, 0.25) is 0 Å². The van der Waals surface area contributed by atoms with Crippen molar-refractivity contribution in [1.29, 1.82) is 0 Å². The molecule has 15 heavy (non-hydrogen) atoms. The Labute approximate surface area is 94.8 Å². The van der Waals surface area contributed by atoms with Crippen LogP contribution in [0, 0.1) is 0 Å². The molecule has 0 atom stereocenters. The molecule has 4 heteroatoms. The minimum atomic E-state index is -0.0227. The number of halogens is 1. The Balaban J connectivity index is 2.82. The predicted molar refractivity (Wildman–Crippen MR) is 62.1 cm³/mol. The summed E-state index contributed by atoms with van der Waals surface area (Å²) in [5.74, 6) is -0.0227. The van der Waals surface area contributed by atoms with Crippen LogP contribution in [0.4, 0.5) is 0 Å². The SMILES string of the molecule is CCN(CCN)C(=O)c1cccc(Cl)c1. The van der Waals surface area contributed by atoms with Gasteiger partial charge in [-0.3, -0.25) is 4.79 Å². The maximum absolute atomic E-state index is 11.9. The molecule has 0 bridgehead atoms. The van der Waals surface area contributed by atoms with Crippen LogP contribution in [-0.2, 0) is 0 Å². The van der Waals surface area contributed by atoms with E-state index in [2.05, 4.69) is 0 Å². The van der Waals surface area contributed by atoms with Crippen LogP contribution in [-0.4, -0.2) is 30.4 Å². The molecule has 0 spiro atoms. The molecule has 1 aromatic rings. The zero-order valence-corrected chi connectivity index (χ0v) is 9.50. The molecule has 0 aliphatic rings. The van der Waals surface area contributed by atoms with Gasteiger partial charge in [-0.05, 0) is 25.1 Å². The minimum Gasteiger partial charge on any atom is -0.338 e. The fourth-order valence-corrected chi connectivity index (χ4v) is 1.55. The number of hydrogen-bond donors (Lipinski definition) is 1. The number of nitrogens with zero attached hydrogens (tertiary/aromatic N) is 1. The van der Waals surface area contributed by atoms with Gasteiger partial charge in [-0.15, -0.1) is 0 Å². The highest BCUT2D eigenvalue weighted by atomic mass is 35.5. The van der Waals surface area contributed by atoms with Crippen molar-refractivity contribution in [3.63, 3.8) is 0 Å². The zero-order valence-electron chi connectivity index (χ0n) is 8.74. The van der Waals surface area contributed by atoms with E-state index in [4.69, 9.17) is 17.3 Å². The second kappa shape index (κ2) is 5.73. The summed E-state index contributed by atoms with van der Waals surface area (Å²) in [6.07, 6.45) is 0. The molecule has 0 heterocycles. The van der Waals surface area contributed by atoms with E-state index in [-0.39, 0.29) is 5.91 Å². The minimum absolute atomic E-state index is 0.0227. The van der Waals surface area contributed by atoms with Crippen molar-refractivity contribution in [3.8, 4) is 0 Å². The van der Waals surface area contributed by atoms with Gasteiger partial charge in [0.05, 0.1) is 0 Å². The Hall–Kier alpha value is -1.06. The van der Waals surface area contributed by atoms with Gasteiger partial charge in [-0.25, -0.2) is 0 Å². The molecule has 0 saturated carbocycles. The number of nitrogens with two attached hydrogens (primary N) is 1. The van der Waals surface area contributed by atoms with E-state index in [0.29, 0.717) is 30.2 Å². The summed E-state index contributed by atoms with van der Waals surface area (Å²) in [6, 6.07) is 6.94. The first-order valence-electron chi connectivity index (χ1n) is 4.94. The lowest BCUT2D eigenvalue weighted by atomic mass is 10.2. The van der Waals surface area contributed by atoms with Crippen LogP contribution in [0.1, 0.15) is 17.3 Å². The van der Waals surface area contributed by atoms with Crippen LogP contribution in [0.3, 0.4) is 0 Å². The predicted octanol–water partition coefficient (Wildman–Crippen LogP) is 1.76. The molecule has 1 aromatic carbocycles. The van der Waals surface area contributed by atoms with Crippen LogP contribution >= 0.6 is 11.6 Å². The second-order valence-electron chi connectivity index (χ2n) is 3.18. The van der Waals surface area contributed by atoms with Gasteiger partial charge in [-0.1, -0.05) is 17.7 Å². The lowest BCUT2D eigenvalue weighted by molar-refractivity contribution is 0.0769. The average molecular weight is 227 g/mol. The van der Waals surface area contributed by atoms with Crippen LogP contribution in [0.5, 0.6) is 0 Å². The molecular formula is C11H15ClN2O. The van der Waals surface area contributed by atoms with Gasteiger partial charge in [0.15, 0.2) is 0 Å². The summed E-state index contributed by atoms with van der Waals surface area (Å²) >= 11 is 5.82. The third-order valence-corrected chi connectivity index (χ3v) is 2.37. The zero-order chi connectivity index (χ0) is 11.3. The Morgan fingerprint density at radius 3 is 2.80 bits per heavy atom. The molecule has 0 aliphatic heterocycles. The molecule has 3 nitrogen and oxygen atoms in total. The standard InChI is InChI=1S/C11H15ClN2O/c1-2-14(7-6-13)11(15)9-4-3-5-10(12)8-9/h3-5,8H,2,6-7,13H2,1H3. The summed E-state index contributed by atoms with van der Waals surface area (Å²) in [4.78, 5) is 13.6. The molecule has 1 amide bonds. The van der Waals surface area contributed by atoms with E-state index in [9.17, 15) is 4.79 Å². The molecule has 2 N–H and O–H groups in total. The smallest absolute Gasteiger partial charge is 0.253 e. The highest BCUT2D eigenvalue weighted by Gasteiger charge is 2.12. The number of carbonyl (C=O) groups is 1. The van der Waals surface area contributed by atoms with Gasteiger partial charge in [0.1, 0.15) is 0 Å². The topological polar surface area (TPSA) is 46.3 Å². The monoisotopic (exact) mass is 226 g/mol. The molecule has 1 rings (SSSR count). The third kappa shape index (κ3) is 3.22. The van der Waals surface area contributed by atoms with Crippen molar-refractivity contribution >= 4 is 17.5 Å². The third-order valence-electron chi connectivity index (χ3n) is 2.14. The first-order valence-corrected chi connectivity index (χ1v) is 5.31. The summed E-state index contributed by atoms with van der Waals surface area (Å²) in [7, 11) is 0. The normalized spacial score (nSPS) is 10.1. The summed E-state index contributed by atoms with van der Waals surface area (Å²) in [5, 5.41) is 0.574. The number of carbonyl (C=O) groups excluding carboxylic acids is 1. The van der Waals surface area contributed by atoms with Crippen molar-refractivity contribution in [2.24, 2.45) is 5.73 Å². The van der Waals surface area contributed by atoms with Gasteiger partial charge < -0.3 is 10.6 Å². The molecule has 0 aliphatic carbocycles. The van der Waals surface area contributed by atoms with Crippen LogP contribution in [0.2, 0.25) is 5.02 Å². The Bertz CT molecular complexity index is 341. The van der Waals surface area contributed by atoms with Crippen molar-refractivity contribution in [2.45, 2.75) is 6.92 Å². The summed E-state index contributed by atoms with van der Waals surface area (Å²) < 4.78 is 0. The van der Waals surface area contributed by atoms with E-state index in [1.54, 1.807) is 29.2 Å². The summed E-state index contributed by atoms with van der Waals surface area (Å²) in [5.41, 5.74) is 6.04. The van der Waals surface area contributed by atoms with Crippen LogP contribution in [0.25, 0.3) is 0 Å². The first-order chi connectivity index (χ1) is 7.19. The first kappa shape index (κ1) is 12.0. The van der Waals surface area contributed by atoms with Crippen molar-refractivity contribution in [2.75, 3.05) is 19.6 Å². The number of likely N-dealkylation sites (N-methyl/N-ethyl adjacent to an activating group) is 1. The number of hydrogen-bond acceptors (Lipinski definition) is 2. The maximum Gasteiger partial charge on any atom is 0.253 e. The maximum atomic E-state index is 11.9. The quantitative estimate of drug-likeness (QED) is 0.851. The van der Waals surface area contributed by atoms with Gasteiger partial charge >= 0.3 is 0 Å². The largest absolute Gasteiger partial charge is 0.338 e. The lowest BCUT2D eigenvalue weighted by Gasteiger charge is -2.19. The highest BCUT2D eigenvalue weighted by molar-refractivity contribution is 6.30. The second-order valence-corrected chi connectivity index (χ2v) is 3.62. The van der Waals surface area contributed by atoms with E-state index in [1.807, 2.05) is 6.92 Å². The van der Waals surface area contributed by atoms with Crippen molar-refractivity contribution in [1.82, 2.24) is 4.90 Å². The molecule has 0 fully saturated rings. The van der Waals surface area contributed by atoms with Crippen LogP contribution < -0.4 is 5.73 Å². The van der Waals surface area contributed by atoms with Gasteiger partial charge in [0.25, 0.3) is 5.91 Å². The van der Waals surface area contributed by atoms with Gasteiger partial charge in [0, 0.05) is 30.2 Å². The van der Waals surface area contributed by atoms with Gasteiger partial charge in [-0.2, -0.15) is 0 Å². The average Bonchev–Trinajstić information content (AvgIpc) is 2.25. The van der Waals surface area contributed by atoms with E-state index in [1.165, 1.54) is 0 Å². The Morgan fingerprint density at radius 2 is 2.27 bits per heavy atom. The molecule has 0 aromatic heterocycles. The highest BCUT2D eigenvalue weighted by Crippen LogP contribution is 2.12. The van der Waals surface area contributed by atoms with E-state index >= 15 is 0 Å². The van der Waals surface area contributed by atoms with E-state index in [0.717, 1.165) is 0 Å². The summed E-state index contributed by atoms with van der Waals surface area (Å²) in [6.45, 7) is 3.63. The lowest BCUT2D eigenvalue weighted by Crippen LogP contribution is -2.35. The van der Waals surface area contributed by atoms with Crippen LogP contribution in [0.15, 0.2) is 24.3 Å². The molecule has 82 valence electrons. The fraction of sp³-hybridized carbons (Fsp3) is 0.364. The molecule has 0 unspecified atom stereocenters. The Kier molecular flexibility index (Phi) is 4.59.